The lowest BCUT2D eigenvalue weighted by atomic mass is 10.2. The molecule has 0 spiro atoms. The molecule has 0 unspecified atom stereocenters. The summed E-state index contributed by atoms with van der Waals surface area (Å²) in [5.74, 6) is -0.255. The monoisotopic (exact) mass is 531 g/mol. The van der Waals surface area contributed by atoms with Gasteiger partial charge < -0.3 is 0 Å². The van der Waals surface area contributed by atoms with Gasteiger partial charge in [0.25, 0.3) is 5.91 Å². The molecule has 0 aliphatic carbocycles. The Morgan fingerprint density at radius 3 is 2.59 bits per heavy atom. The Kier molecular flexibility index (Phi) is 5.71. The predicted octanol–water partition coefficient (Wildman–Crippen LogP) is 6.52. The minimum atomic E-state index is -0.741. The summed E-state index contributed by atoms with van der Waals surface area (Å²) in [5, 5.41) is 16.6. The molecule has 9 heteroatoms. The van der Waals surface area contributed by atoms with Crippen LogP contribution in [0.3, 0.4) is 0 Å². The first-order valence-corrected chi connectivity index (χ1v) is 11.2. The second kappa shape index (κ2) is 8.25. The molecule has 2 heterocycles. The maximum atomic E-state index is 12.9. The zero-order valence-corrected chi connectivity index (χ0v) is 19.5. The van der Waals surface area contributed by atoms with Crippen molar-refractivity contribution in [1.82, 2.24) is 4.98 Å². The number of hydrogen-bond donors (Lipinski definition) is 0. The molecule has 0 saturated carbocycles. The van der Waals surface area contributed by atoms with Gasteiger partial charge in [-0.05, 0) is 43.7 Å². The molecule has 2 aromatic carbocycles. The third kappa shape index (κ3) is 4.22. The molecule has 6 nitrogen and oxygen atoms in total. The van der Waals surface area contributed by atoms with E-state index in [4.69, 9.17) is 0 Å². The van der Waals surface area contributed by atoms with Gasteiger partial charge in [0.1, 0.15) is 0 Å². The molecule has 0 fully saturated rings. The predicted molar refractivity (Wildman–Crippen MR) is 123 cm³/mol. The largest absolute Gasteiger partial charge is 0.282 e. The third-order valence-electron chi connectivity index (χ3n) is 4.35. The number of aromatic nitrogens is 1. The van der Waals surface area contributed by atoms with Crippen LogP contribution in [0.5, 0.6) is 0 Å². The first-order valence-electron chi connectivity index (χ1n) is 8.70. The standard InChI is InChI=1S/C20H15Br2N5OS/c1-11-3-8-15(9-16(11)22)24-25-18-12(2)26-27(19(18)28)20-23-17(10-29-20)13-4-6-14(21)7-5-13/h3-10,18H,1-2H3/t18-/m0/s1. The van der Waals surface area contributed by atoms with Gasteiger partial charge >= 0.3 is 0 Å². The van der Waals surface area contributed by atoms with Crippen LogP contribution in [0.15, 0.2) is 72.1 Å². The Labute approximate surface area is 188 Å². The van der Waals surface area contributed by atoms with Crippen molar-refractivity contribution in [2.45, 2.75) is 19.9 Å². The first kappa shape index (κ1) is 20.1. The van der Waals surface area contributed by atoms with E-state index in [0.29, 0.717) is 16.5 Å². The van der Waals surface area contributed by atoms with Crippen molar-refractivity contribution < 1.29 is 4.79 Å². The fourth-order valence-electron chi connectivity index (χ4n) is 2.71. The fourth-order valence-corrected chi connectivity index (χ4v) is 4.13. The molecule has 1 aliphatic rings. The van der Waals surface area contributed by atoms with E-state index >= 15 is 0 Å². The van der Waals surface area contributed by atoms with Crippen LogP contribution in [-0.4, -0.2) is 22.6 Å². The number of amides is 1. The number of azo groups is 1. The van der Waals surface area contributed by atoms with Gasteiger partial charge in [-0.25, -0.2) is 4.98 Å². The summed E-state index contributed by atoms with van der Waals surface area (Å²) in [4.78, 5) is 17.4. The molecule has 146 valence electrons. The van der Waals surface area contributed by atoms with Gasteiger partial charge in [0.15, 0.2) is 6.04 Å². The lowest BCUT2D eigenvalue weighted by molar-refractivity contribution is -0.117. The Morgan fingerprint density at radius 1 is 1.10 bits per heavy atom. The second-order valence-electron chi connectivity index (χ2n) is 6.47. The molecule has 0 saturated heterocycles. The van der Waals surface area contributed by atoms with Crippen molar-refractivity contribution >= 4 is 65.6 Å². The van der Waals surface area contributed by atoms with E-state index in [2.05, 4.69) is 52.2 Å². The van der Waals surface area contributed by atoms with Crippen LogP contribution >= 0.6 is 43.2 Å². The van der Waals surface area contributed by atoms with Crippen LogP contribution in [0.25, 0.3) is 11.3 Å². The lowest BCUT2D eigenvalue weighted by Gasteiger charge is -2.08. The molecule has 0 radical (unpaired) electrons. The van der Waals surface area contributed by atoms with E-state index in [1.54, 1.807) is 6.92 Å². The van der Waals surface area contributed by atoms with E-state index in [9.17, 15) is 4.79 Å². The van der Waals surface area contributed by atoms with Crippen LogP contribution in [0.4, 0.5) is 10.8 Å². The number of benzene rings is 2. The minimum absolute atomic E-state index is 0.255. The maximum Gasteiger partial charge on any atom is 0.282 e. The molecule has 0 bridgehead atoms. The quantitative estimate of drug-likeness (QED) is 0.359. The number of rotatable bonds is 4. The molecule has 1 aromatic heterocycles. The number of thiazole rings is 1. The highest BCUT2D eigenvalue weighted by molar-refractivity contribution is 9.10. The van der Waals surface area contributed by atoms with Gasteiger partial charge in [-0.2, -0.15) is 20.3 Å². The van der Waals surface area contributed by atoms with Gasteiger partial charge in [0.05, 0.1) is 17.1 Å². The van der Waals surface area contributed by atoms with E-state index in [1.807, 2.05) is 54.8 Å². The van der Waals surface area contributed by atoms with Crippen LogP contribution in [-0.2, 0) is 4.79 Å². The number of nitrogens with zero attached hydrogens (tertiary/aromatic N) is 5. The molecule has 1 aliphatic heterocycles. The van der Waals surface area contributed by atoms with Gasteiger partial charge in [-0.1, -0.05) is 50.1 Å². The maximum absolute atomic E-state index is 12.9. The van der Waals surface area contributed by atoms with Gasteiger partial charge in [0, 0.05) is 19.9 Å². The second-order valence-corrected chi connectivity index (χ2v) is 9.07. The minimum Gasteiger partial charge on any atom is -0.269 e. The molecule has 3 aromatic rings. The molecule has 1 atom stereocenters. The summed E-state index contributed by atoms with van der Waals surface area (Å²) in [7, 11) is 0. The Bertz CT molecular complexity index is 1140. The summed E-state index contributed by atoms with van der Waals surface area (Å²) in [6, 6.07) is 12.8. The molecule has 4 rings (SSSR count). The normalized spacial score (nSPS) is 16.7. The number of carbonyl (C=O) groups is 1. The summed E-state index contributed by atoms with van der Waals surface area (Å²) in [6.07, 6.45) is 0. The SMILES string of the molecule is CC1=NN(c2nc(-c3ccc(Br)cc3)cs2)C(=O)[C@H]1N=Nc1ccc(C)c(Br)c1. The van der Waals surface area contributed by atoms with E-state index < -0.39 is 6.04 Å². The number of anilines is 1. The fraction of sp³-hybridized carbons (Fsp3) is 0.150. The van der Waals surface area contributed by atoms with Crippen LogP contribution < -0.4 is 5.01 Å². The van der Waals surface area contributed by atoms with Gasteiger partial charge in [0.2, 0.25) is 5.13 Å². The zero-order valence-electron chi connectivity index (χ0n) is 15.5. The number of halogens is 2. The molecular formula is C20H15Br2N5OS. The van der Waals surface area contributed by atoms with Crippen LogP contribution in [0.2, 0.25) is 0 Å². The molecule has 0 N–H and O–H groups in total. The molecular weight excluding hydrogens is 518 g/mol. The Balaban J connectivity index is 1.54. The number of aryl methyl sites for hydroxylation is 1. The van der Waals surface area contributed by atoms with Crippen molar-refractivity contribution in [3.63, 3.8) is 0 Å². The van der Waals surface area contributed by atoms with E-state index in [0.717, 1.165) is 25.8 Å². The van der Waals surface area contributed by atoms with Crippen molar-refractivity contribution in [1.29, 1.82) is 0 Å². The lowest BCUT2D eigenvalue weighted by Crippen LogP contribution is -2.29. The summed E-state index contributed by atoms with van der Waals surface area (Å²) in [6.45, 7) is 3.77. The summed E-state index contributed by atoms with van der Waals surface area (Å²) >= 11 is 8.27. The van der Waals surface area contributed by atoms with Gasteiger partial charge in [-0.15, -0.1) is 11.3 Å². The van der Waals surface area contributed by atoms with Crippen molar-refractivity contribution in [3.05, 3.63) is 62.4 Å². The average molecular weight is 533 g/mol. The van der Waals surface area contributed by atoms with Gasteiger partial charge in [-0.3, -0.25) is 4.79 Å². The van der Waals surface area contributed by atoms with E-state index in [1.165, 1.54) is 16.3 Å². The van der Waals surface area contributed by atoms with Crippen LogP contribution in [0, 0.1) is 6.92 Å². The Hall–Kier alpha value is -2.23. The highest BCUT2D eigenvalue weighted by Gasteiger charge is 2.36. The highest BCUT2D eigenvalue weighted by atomic mass is 79.9. The van der Waals surface area contributed by atoms with Crippen molar-refractivity contribution in [2.24, 2.45) is 15.3 Å². The molecule has 1 amide bonds. The number of carbonyl (C=O) groups excluding carboxylic acids is 1. The highest BCUT2D eigenvalue weighted by Crippen LogP contribution is 2.31. The molecule has 29 heavy (non-hydrogen) atoms. The zero-order chi connectivity index (χ0) is 20.5. The first-order chi connectivity index (χ1) is 13.9. The van der Waals surface area contributed by atoms with Crippen molar-refractivity contribution in [2.75, 3.05) is 5.01 Å². The van der Waals surface area contributed by atoms with E-state index in [-0.39, 0.29) is 5.91 Å². The third-order valence-corrected chi connectivity index (χ3v) is 6.55. The average Bonchev–Trinajstić information content (AvgIpc) is 3.29. The summed E-state index contributed by atoms with van der Waals surface area (Å²) in [5.41, 5.74) is 4.14. The topological polar surface area (TPSA) is 70.3 Å². The summed E-state index contributed by atoms with van der Waals surface area (Å²) < 4.78 is 1.95. The Morgan fingerprint density at radius 2 is 1.86 bits per heavy atom. The smallest absolute Gasteiger partial charge is 0.269 e. The number of hydrogen-bond acceptors (Lipinski definition) is 6. The van der Waals surface area contributed by atoms with Crippen LogP contribution in [0.1, 0.15) is 12.5 Å². The van der Waals surface area contributed by atoms with Crippen molar-refractivity contribution in [3.8, 4) is 11.3 Å². The number of hydrazone groups is 1.